The highest BCUT2D eigenvalue weighted by Crippen LogP contribution is 2.36. The van der Waals surface area contributed by atoms with Crippen LogP contribution in [0.4, 0.5) is 50.8 Å². The minimum Gasteiger partial charge on any atom is -0.362 e. The Balaban J connectivity index is 1.28. The molecule has 0 saturated carbocycles. The first-order valence-electron chi connectivity index (χ1n) is 11.3. The van der Waals surface area contributed by atoms with E-state index >= 15 is 0 Å². The molecule has 3 amide bonds. The van der Waals surface area contributed by atoms with Crippen molar-refractivity contribution in [2.75, 3.05) is 21.3 Å². The molecule has 0 fully saturated rings. The number of hydrogen-bond donors (Lipinski definition) is 5. The van der Waals surface area contributed by atoms with Crippen LogP contribution in [0.5, 0.6) is 0 Å². The van der Waals surface area contributed by atoms with Crippen LogP contribution in [-0.4, -0.2) is 16.9 Å². The monoisotopic (exact) mass is 521 g/mol. The summed E-state index contributed by atoms with van der Waals surface area (Å²) in [5.41, 5.74) is 2.59. The van der Waals surface area contributed by atoms with Crippen LogP contribution in [0.3, 0.4) is 0 Å². The summed E-state index contributed by atoms with van der Waals surface area (Å²) >= 11 is 0. The van der Waals surface area contributed by atoms with Crippen LogP contribution in [0.1, 0.15) is 16.8 Å². The Hall–Kier alpha value is -5.06. The lowest BCUT2D eigenvalue weighted by Gasteiger charge is -2.13. The summed E-state index contributed by atoms with van der Waals surface area (Å²) < 4.78 is 52.7. The zero-order valence-corrected chi connectivity index (χ0v) is 19.4. The van der Waals surface area contributed by atoms with Crippen molar-refractivity contribution < 1.29 is 27.2 Å². The zero-order valence-electron chi connectivity index (χ0n) is 19.4. The maximum Gasteiger partial charge on any atom is 0.416 e. The van der Waals surface area contributed by atoms with Crippen LogP contribution in [0.25, 0.3) is 11.6 Å². The smallest absolute Gasteiger partial charge is 0.362 e. The van der Waals surface area contributed by atoms with Gasteiger partial charge in [0.2, 0.25) is 0 Å². The predicted molar refractivity (Wildman–Crippen MR) is 138 cm³/mol. The van der Waals surface area contributed by atoms with Crippen molar-refractivity contribution in [3.63, 3.8) is 0 Å². The van der Waals surface area contributed by atoms with Crippen LogP contribution >= 0.6 is 0 Å². The average Bonchev–Trinajstić information content (AvgIpc) is 3.47. The number of anilines is 5. The van der Waals surface area contributed by atoms with Crippen LogP contribution in [0.2, 0.25) is 0 Å². The van der Waals surface area contributed by atoms with Gasteiger partial charge in [-0.15, -0.1) is 0 Å². The molecule has 1 aromatic heterocycles. The molecule has 1 aliphatic heterocycles. The summed E-state index contributed by atoms with van der Waals surface area (Å²) in [5.74, 6) is -1.22. The number of carbonyl (C=O) groups is 2. The van der Waals surface area contributed by atoms with Gasteiger partial charge in [0.25, 0.3) is 5.91 Å². The van der Waals surface area contributed by atoms with Gasteiger partial charge in [-0.05, 0) is 66.7 Å². The lowest BCUT2D eigenvalue weighted by molar-refractivity contribution is -0.137. The minimum absolute atomic E-state index is 0.221. The van der Waals surface area contributed by atoms with E-state index in [1.165, 1.54) is 0 Å². The SMILES string of the molecule is O=C(Nc1cccc(Nc2ccc3c(c2)NC(=O)C3=Cc2ccc[nH]2)c1)Nc1cc(C(F)(F)F)ccc1F. The van der Waals surface area contributed by atoms with Crippen LogP contribution in [-0.2, 0) is 11.0 Å². The number of halogens is 4. The summed E-state index contributed by atoms with van der Waals surface area (Å²) in [4.78, 5) is 27.8. The predicted octanol–water partition coefficient (Wildman–Crippen LogP) is 7.05. The van der Waals surface area contributed by atoms with Gasteiger partial charge < -0.3 is 26.3 Å². The molecular formula is C27H19F4N5O2. The number of H-pyrrole nitrogens is 1. The summed E-state index contributed by atoms with van der Waals surface area (Å²) in [6.45, 7) is 0. The molecule has 0 atom stereocenters. The normalized spacial score (nSPS) is 13.7. The van der Waals surface area contributed by atoms with Gasteiger partial charge in [0.15, 0.2) is 0 Å². The van der Waals surface area contributed by atoms with Gasteiger partial charge >= 0.3 is 12.2 Å². The summed E-state index contributed by atoms with van der Waals surface area (Å²) in [6.07, 6.45) is -1.15. The third kappa shape index (κ3) is 5.36. The van der Waals surface area contributed by atoms with Gasteiger partial charge in [0.05, 0.1) is 22.5 Å². The molecule has 1 aliphatic rings. The van der Waals surface area contributed by atoms with Gasteiger partial charge in [0.1, 0.15) is 5.82 Å². The molecule has 11 heteroatoms. The average molecular weight is 521 g/mol. The van der Waals surface area contributed by atoms with Gasteiger partial charge in [0, 0.05) is 34.5 Å². The van der Waals surface area contributed by atoms with Crippen LogP contribution in [0, 0.1) is 5.82 Å². The molecule has 2 heterocycles. The van der Waals surface area contributed by atoms with Gasteiger partial charge in [-0.25, -0.2) is 9.18 Å². The van der Waals surface area contributed by atoms with Crippen LogP contribution in [0.15, 0.2) is 79.0 Å². The molecule has 0 aliphatic carbocycles. The van der Waals surface area contributed by atoms with Crippen molar-refractivity contribution in [3.8, 4) is 0 Å². The number of rotatable bonds is 5. The van der Waals surface area contributed by atoms with E-state index in [1.807, 2.05) is 18.2 Å². The molecule has 5 rings (SSSR count). The number of aromatic nitrogens is 1. The first-order valence-corrected chi connectivity index (χ1v) is 11.3. The summed E-state index contributed by atoms with van der Waals surface area (Å²) in [7, 11) is 0. The van der Waals surface area contributed by atoms with E-state index in [9.17, 15) is 27.2 Å². The number of hydrogen-bond acceptors (Lipinski definition) is 3. The first kappa shape index (κ1) is 24.6. The highest BCUT2D eigenvalue weighted by atomic mass is 19.4. The van der Waals surface area contributed by atoms with Crippen molar-refractivity contribution in [1.82, 2.24) is 4.98 Å². The molecule has 0 bridgehead atoms. The number of amides is 3. The zero-order chi connectivity index (χ0) is 26.9. The van der Waals surface area contributed by atoms with Crippen LogP contribution < -0.4 is 21.3 Å². The Morgan fingerprint density at radius 3 is 2.42 bits per heavy atom. The standard InChI is InChI=1S/C27H19F4N5O2/c28-22-9-6-15(27(29,30)31)11-24(22)36-26(38)34-18-4-1-3-17(12-18)33-19-7-8-20-21(13-16-5-2-10-32-16)25(37)35-23(20)14-19/h1-14,32-33H,(H,35,37)(H2,34,36,38). The van der Waals surface area contributed by atoms with Crippen molar-refractivity contribution in [1.29, 1.82) is 0 Å². The number of urea groups is 1. The van der Waals surface area contributed by atoms with E-state index in [0.29, 0.717) is 46.5 Å². The van der Waals surface area contributed by atoms with E-state index in [-0.39, 0.29) is 5.91 Å². The largest absolute Gasteiger partial charge is 0.416 e. The Morgan fingerprint density at radius 1 is 0.868 bits per heavy atom. The maximum atomic E-state index is 13.9. The highest BCUT2D eigenvalue weighted by Gasteiger charge is 2.31. The lowest BCUT2D eigenvalue weighted by atomic mass is 10.1. The molecule has 0 unspecified atom stereocenters. The number of benzene rings is 3. The number of carbonyl (C=O) groups excluding carboxylic acids is 2. The lowest BCUT2D eigenvalue weighted by Crippen LogP contribution is -2.20. The van der Waals surface area contributed by atoms with Crippen molar-refractivity contribution in [2.45, 2.75) is 6.18 Å². The molecule has 4 aromatic rings. The molecule has 192 valence electrons. The second-order valence-electron chi connectivity index (χ2n) is 8.38. The molecular weight excluding hydrogens is 502 g/mol. The molecule has 0 spiro atoms. The third-order valence-corrected chi connectivity index (χ3v) is 5.68. The molecule has 38 heavy (non-hydrogen) atoms. The molecule has 7 nitrogen and oxygen atoms in total. The van der Waals surface area contributed by atoms with E-state index in [4.69, 9.17) is 0 Å². The fourth-order valence-electron chi connectivity index (χ4n) is 3.93. The molecule has 0 radical (unpaired) electrons. The van der Waals surface area contributed by atoms with Crippen molar-refractivity contribution >= 4 is 52.0 Å². The van der Waals surface area contributed by atoms with E-state index < -0.39 is 29.3 Å². The second-order valence-corrected chi connectivity index (χ2v) is 8.38. The molecule has 3 aromatic carbocycles. The Bertz CT molecular complexity index is 1560. The van der Waals surface area contributed by atoms with Gasteiger partial charge in [-0.1, -0.05) is 12.1 Å². The minimum atomic E-state index is -4.68. The van der Waals surface area contributed by atoms with E-state index in [0.717, 1.165) is 11.3 Å². The fraction of sp³-hybridized carbons (Fsp3) is 0.0370. The van der Waals surface area contributed by atoms with E-state index in [1.54, 1.807) is 48.7 Å². The number of aromatic amines is 1. The summed E-state index contributed by atoms with van der Waals surface area (Å²) in [6, 6.07) is 16.4. The topological polar surface area (TPSA) is 98.1 Å². The number of alkyl halides is 3. The maximum absolute atomic E-state index is 13.9. The Kier molecular flexibility index (Phi) is 6.33. The van der Waals surface area contributed by atoms with Gasteiger partial charge in [-0.3, -0.25) is 4.79 Å². The number of fused-ring (bicyclic) bond motifs is 1. The number of nitrogens with one attached hydrogen (secondary N) is 5. The molecule has 0 saturated heterocycles. The third-order valence-electron chi connectivity index (χ3n) is 5.68. The summed E-state index contributed by atoms with van der Waals surface area (Å²) in [5, 5.41) is 10.6. The quantitative estimate of drug-likeness (QED) is 0.144. The van der Waals surface area contributed by atoms with Gasteiger partial charge in [-0.2, -0.15) is 13.2 Å². The van der Waals surface area contributed by atoms with Crippen molar-refractivity contribution in [2.24, 2.45) is 0 Å². The van der Waals surface area contributed by atoms with Crippen molar-refractivity contribution in [3.05, 3.63) is 102 Å². The fourth-order valence-corrected chi connectivity index (χ4v) is 3.93. The molecule has 5 N–H and O–H groups in total. The second kappa shape index (κ2) is 9.77. The first-order chi connectivity index (χ1) is 18.2. The Labute approximate surface area is 213 Å². The van der Waals surface area contributed by atoms with E-state index in [2.05, 4.69) is 26.3 Å². The Morgan fingerprint density at radius 2 is 1.66 bits per heavy atom. The highest BCUT2D eigenvalue weighted by molar-refractivity contribution is 6.35.